The van der Waals surface area contributed by atoms with E-state index in [1.54, 1.807) is 0 Å². The lowest BCUT2D eigenvalue weighted by Crippen LogP contribution is -2.39. The van der Waals surface area contributed by atoms with Crippen LogP contribution in [0.25, 0.3) is 10.9 Å². The smallest absolute Gasteiger partial charge is 0.318 e. The lowest BCUT2D eigenvalue weighted by atomic mass is 10.0. The van der Waals surface area contributed by atoms with E-state index >= 15 is 0 Å². The third-order valence-corrected chi connectivity index (χ3v) is 4.95. The molecule has 130 valence electrons. The summed E-state index contributed by atoms with van der Waals surface area (Å²) >= 11 is 0. The van der Waals surface area contributed by atoms with Gasteiger partial charge in [0.2, 0.25) is 0 Å². The molecule has 2 N–H and O–H groups in total. The highest BCUT2D eigenvalue weighted by molar-refractivity contribution is 5.80. The third kappa shape index (κ3) is 2.88. The Kier molecular flexibility index (Phi) is 3.95. The average molecular weight is 338 g/mol. The van der Waals surface area contributed by atoms with Crippen molar-refractivity contribution in [1.29, 1.82) is 0 Å². The Morgan fingerprint density at radius 2 is 2.24 bits per heavy atom. The second-order valence-corrected chi connectivity index (χ2v) is 6.63. The van der Waals surface area contributed by atoms with Crippen molar-refractivity contribution in [3.8, 4) is 0 Å². The second-order valence-electron chi connectivity index (χ2n) is 6.63. The van der Waals surface area contributed by atoms with Crippen LogP contribution < -0.4 is 5.32 Å². The molecule has 6 nitrogen and oxygen atoms in total. The first-order valence-electron chi connectivity index (χ1n) is 8.67. The zero-order chi connectivity index (χ0) is 17.4. The first kappa shape index (κ1) is 15.7. The van der Waals surface area contributed by atoms with Crippen LogP contribution >= 0.6 is 0 Å². The van der Waals surface area contributed by atoms with Crippen molar-refractivity contribution < 1.29 is 9.32 Å². The monoisotopic (exact) mass is 338 g/mol. The summed E-state index contributed by atoms with van der Waals surface area (Å²) in [5, 5.41) is 8.23. The highest BCUT2D eigenvalue weighted by Gasteiger charge is 2.33. The normalized spacial score (nSPS) is 17.4. The van der Waals surface area contributed by atoms with Crippen molar-refractivity contribution in [2.75, 3.05) is 6.54 Å². The van der Waals surface area contributed by atoms with E-state index in [0.29, 0.717) is 6.54 Å². The fourth-order valence-electron chi connectivity index (χ4n) is 3.78. The molecule has 0 bridgehead atoms. The fraction of sp³-hybridized carbons (Fsp3) is 0.368. The topological polar surface area (TPSA) is 74.2 Å². The van der Waals surface area contributed by atoms with E-state index in [4.69, 9.17) is 4.52 Å². The van der Waals surface area contributed by atoms with E-state index in [-0.39, 0.29) is 12.1 Å². The quantitative estimate of drug-likeness (QED) is 0.762. The van der Waals surface area contributed by atoms with Crippen LogP contribution in [0.1, 0.15) is 41.6 Å². The van der Waals surface area contributed by atoms with E-state index in [2.05, 4.69) is 27.6 Å². The molecule has 1 fully saturated rings. The molecule has 1 saturated heterocycles. The number of aromatic amines is 1. The predicted octanol–water partition coefficient (Wildman–Crippen LogP) is 3.82. The van der Waals surface area contributed by atoms with Crippen LogP contribution in [-0.2, 0) is 6.54 Å². The Labute approximate surface area is 146 Å². The first-order valence-corrected chi connectivity index (χ1v) is 8.67. The van der Waals surface area contributed by atoms with Gasteiger partial charge in [0.1, 0.15) is 5.76 Å². The molecule has 1 aromatic carbocycles. The molecule has 3 aromatic rings. The number of para-hydroxylation sites is 1. The molecule has 4 rings (SSSR count). The van der Waals surface area contributed by atoms with Gasteiger partial charge in [0, 0.05) is 23.3 Å². The number of amides is 2. The molecule has 1 atom stereocenters. The van der Waals surface area contributed by atoms with Crippen molar-refractivity contribution in [3.63, 3.8) is 0 Å². The summed E-state index contributed by atoms with van der Waals surface area (Å²) in [7, 11) is 0. The van der Waals surface area contributed by atoms with E-state index in [1.165, 1.54) is 0 Å². The van der Waals surface area contributed by atoms with Crippen molar-refractivity contribution in [2.24, 2.45) is 0 Å². The SMILES string of the molecule is Cc1noc(C)c1[C@@H]1CCCN1C(=O)NCc1cc2ccccc2[nH]1. The van der Waals surface area contributed by atoms with Crippen molar-refractivity contribution >= 4 is 16.9 Å². The number of nitrogens with zero attached hydrogens (tertiary/aromatic N) is 2. The van der Waals surface area contributed by atoms with Crippen LogP contribution in [0.5, 0.6) is 0 Å². The van der Waals surface area contributed by atoms with Crippen LogP contribution in [0.15, 0.2) is 34.9 Å². The zero-order valence-corrected chi connectivity index (χ0v) is 14.5. The second kappa shape index (κ2) is 6.27. The third-order valence-electron chi connectivity index (χ3n) is 4.95. The molecule has 2 aromatic heterocycles. The molecule has 2 amide bonds. The van der Waals surface area contributed by atoms with Crippen LogP contribution in [-0.4, -0.2) is 27.6 Å². The van der Waals surface area contributed by atoms with Crippen molar-refractivity contribution in [2.45, 2.75) is 39.3 Å². The number of carbonyl (C=O) groups excluding carboxylic acids is 1. The summed E-state index contributed by atoms with van der Waals surface area (Å²) in [5.74, 6) is 0.804. The summed E-state index contributed by atoms with van der Waals surface area (Å²) in [4.78, 5) is 18.0. The molecule has 1 aliphatic heterocycles. The summed E-state index contributed by atoms with van der Waals surface area (Å²) in [6.45, 7) is 5.09. The number of fused-ring (bicyclic) bond motifs is 1. The Hall–Kier alpha value is -2.76. The molecule has 25 heavy (non-hydrogen) atoms. The summed E-state index contributed by atoms with van der Waals surface area (Å²) in [6, 6.07) is 10.2. The molecule has 0 spiro atoms. The van der Waals surface area contributed by atoms with E-state index in [0.717, 1.165) is 53.0 Å². The maximum Gasteiger partial charge on any atom is 0.318 e. The molecular formula is C19H22N4O2. The molecule has 0 aliphatic carbocycles. The maximum absolute atomic E-state index is 12.7. The summed E-state index contributed by atoms with van der Waals surface area (Å²) in [5.41, 5.74) is 4.01. The van der Waals surface area contributed by atoms with Gasteiger partial charge >= 0.3 is 6.03 Å². The highest BCUT2D eigenvalue weighted by Crippen LogP contribution is 2.35. The first-order chi connectivity index (χ1) is 12.1. The van der Waals surface area contributed by atoms with Crippen molar-refractivity contribution in [3.05, 3.63) is 53.0 Å². The van der Waals surface area contributed by atoms with Crippen LogP contribution in [0, 0.1) is 13.8 Å². The standard InChI is InChI=1S/C19H22N4O2/c1-12-18(13(2)25-22-12)17-8-5-9-23(17)19(24)20-11-15-10-14-6-3-4-7-16(14)21-15/h3-4,6-7,10,17,21H,5,8-9,11H2,1-2H3,(H,20,24)/t17-/m0/s1. The van der Waals surface area contributed by atoms with E-state index in [1.807, 2.05) is 36.9 Å². The van der Waals surface area contributed by atoms with Gasteiger partial charge in [-0.05, 0) is 44.2 Å². The zero-order valence-electron chi connectivity index (χ0n) is 14.5. The maximum atomic E-state index is 12.7. The number of aromatic nitrogens is 2. The Balaban J connectivity index is 1.46. The van der Waals surface area contributed by atoms with Crippen molar-refractivity contribution in [1.82, 2.24) is 20.4 Å². The van der Waals surface area contributed by atoms with E-state index < -0.39 is 0 Å². The van der Waals surface area contributed by atoms with Gasteiger partial charge in [-0.1, -0.05) is 23.4 Å². The number of H-pyrrole nitrogens is 1. The molecule has 3 heterocycles. The summed E-state index contributed by atoms with van der Waals surface area (Å²) < 4.78 is 5.29. The number of urea groups is 1. The molecule has 0 radical (unpaired) electrons. The van der Waals surface area contributed by atoms with Gasteiger partial charge in [-0.3, -0.25) is 0 Å². The lowest BCUT2D eigenvalue weighted by molar-refractivity contribution is 0.192. The van der Waals surface area contributed by atoms with Gasteiger partial charge in [0.25, 0.3) is 0 Å². The van der Waals surface area contributed by atoms with Gasteiger partial charge in [-0.25, -0.2) is 4.79 Å². The number of hydrogen-bond acceptors (Lipinski definition) is 3. The minimum absolute atomic E-state index is 0.0406. The molecule has 6 heteroatoms. The number of likely N-dealkylation sites (tertiary alicyclic amines) is 1. The fourth-order valence-corrected chi connectivity index (χ4v) is 3.78. The molecule has 0 unspecified atom stereocenters. The minimum Gasteiger partial charge on any atom is -0.361 e. The number of benzene rings is 1. The minimum atomic E-state index is -0.0406. The molecule has 1 aliphatic rings. The van der Waals surface area contributed by atoms with Crippen LogP contribution in [0.4, 0.5) is 4.79 Å². The van der Waals surface area contributed by atoms with Gasteiger partial charge in [0.05, 0.1) is 18.3 Å². The van der Waals surface area contributed by atoms with Crippen LogP contribution in [0.3, 0.4) is 0 Å². The number of aryl methyl sites for hydroxylation is 2. The predicted molar refractivity (Wildman–Crippen MR) is 95.2 cm³/mol. The van der Waals surface area contributed by atoms with Crippen LogP contribution in [0.2, 0.25) is 0 Å². The van der Waals surface area contributed by atoms with Gasteiger partial charge in [-0.2, -0.15) is 0 Å². The Morgan fingerprint density at radius 3 is 3.00 bits per heavy atom. The molecular weight excluding hydrogens is 316 g/mol. The average Bonchev–Trinajstić information content (AvgIpc) is 3.31. The van der Waals surface area contributed by atoms with Gasteiger partial charge in [0.15, 0.2) is 0 Å². The number of rotatable bonds is 3. The number of nitrogens with one attached hydrogen (secondary N) is 2. The van der Waals surface area contributed by atoms with E-state index in [9.17, 15) is 4.79 Å². The highest BCUT2D eigenvalue weighted by atomic mass is 16.5. The van der Waals surface area contributed by atoms with Gasteiger partial charge < -0.3 is 19.7 Å². The Morgan fingerprint density at radius 1 is 1.40 bits per heavy atom. The lowest BCUT2D eigenvalue weighted by Gasteiger charge is -2.25. The number of carbonyl (C=O) groups is 1. The summed E-state index contributed by atoms with van der Waals surface area (Å²) in [6.07, 6.45) is 1.94. The van der Waals surface area contributed by atoms with Gasteiger partial charge in [-0.15, -0.1) is 0 Å². The number of hydrogen-bond donors (Lipinski definition) is 2. The molecule has 0 saturated carbocycles. The Bertz CT molecular complexity index is 859. The largest absolute Gasteiger partial charge is 0.361 e.